The molecular weight excluding hydrogens is 304 g/mol. The van der Waals surface area contributed by atoms with Gasteiger partial charge in [0.05, 0.1) is 11.0 Å². The van der Waals surface area contributed by atoms with Crippen molar-refractivity contribution in [2.45, 2.75) is 64.7 Å². The van der Waals surface area contributed by atoms with Gasteiger partial charge in [-0.2, -0.15) is 0 Å². The van der Waals surface area contributed by atoms with Gasteiger partial charge in [-0.25, -0.2) is 4.98 Å². The molecule has 0 fully saturated rings. The zero-order valence-corrected chi connectivity index (χ0v) is 15.4. The summed E-state index contributed by atoms with van der Waals surface area (Å²) in [6.07, 6.45) is 12.1. The Balaban J connectivity index is 1.56. The summed E-state index contributed by atoms with van der Waals surface area (Å²) < 4.78 is 0. The van der Waals surface area contributed by atoms with E-state index in [1.165, 1.54) is 68.7 Å². The predicted octanol–water partition coefficient (Wildman–Crippen LogP) is 6.65. The summed E-state index contributed by atoms with van der Waals surface area (Å²) in [5.74, 6) is 0. The number of aromatic nitrogens is 1. The number of rotatable bonds is 9. The summed E-state index contributed by atoms with van der Waals surface area (Å²) in [5, 5.41) is 2.39. The Morgan fingerprint density at radius 3 is 2.28 bits per heavy atom. The van der Waals surface area contributed by atoms with Crippen molar-refractivity contribution in [2.24, 2.45) is 0 Å². The van der Waals surface area contributed by atoms with Crippen molar-refractivity contribution < 1.29 is 0 Å². The number of unbranched alkanes of at least 4 members (excludes halogenated alkanes) is 7. The molecule has 3 aromatic rings. The summed E-state index contributed by atoms with van der Waals surface area (Å²) in [6, 6.07) is 14.9. The second kappa shape index (κ2) is 8.84. The predicted molar refractivity (Wildman–Crippen MR) is 110 cm³/mol. The summed E-state index contributed by atoms with van der Waals surface area (Å²) in [5.41, 5.74) is 10.1. The molecule has 1 aromatic heterocycles. The average Bonchev–Trinajstić information content (AvgIpc) is 2.62. The van der Waals surface area contributed by atoms with E-state index in [2.05, 4.69) is 37.3 Å². The van der Waals surface area contributed by atoms with E-state index in [0.717, 1.165) is 22.1 Å². The van der Waals surface area contributed by atoms with Crippen LogP contribution in [0.15, 0.2) is 42.5 Å². The Morgan fingerprint density at radius 1 is 0.720 bits per heavy atom. The molecule has 0 atom stereocenters. The molecule has 0 radical (unpaired) electrons. The first-order chi connectivity index (χ1) is 12.3. The fourth-order valence-corrected chi connectivity index (χ4v) is 3.52. The molecule has 132 valence electrons. The number of pyridine rings is 1. The SMILES string of the molecule is CCCCCCCCCCc1ccc2nc3cc(N)ccc3cc2c1. The summed E-state index contributed by atoms with van der Waals surface area (Å²) >= 11 is 0. The van der Waals surface area contributed by atoms with Crippen LogP contribution in [0.25, 0.3) is 21.8 Å². The van der Waals surface area contributed by atoms with E-state index in [1.54, 1.807) is 0 Å². The minimum Gasteiger partial charge on any atom is -0.399 e. The van der Waals surface area contributed by atoms with Crippen LogP contribution in [0, 0.1) is 0 Å². The van der Waals surface area contributed by atoms with Gasteiger partial charge in [0.1, 0.15) is 0 Å². The third kappa shape index (κ3) is 4.94. The van der Waals surface area contributed by atoms with Gasteiger partial charge in [-0.3, -0.25) is 0 Å². The van der Waals surface area contributed by atoms with Crippen molar-refractivity contribution in [1.29, 1.82) is 0 Å². The second-order valence-corrected chi connectivity index (χ2v) is 7.19. The third-order valence-electron chi connectivity index (χ3n) is 5.02. The van der Waals surface area contributed by atoms with Crippen LogP contribution in [-0.4, -0.2) is 4.98 Å². The number of nitrogen functional groups attached to an aromatic ring is 1. The van der Waals surface area contributed by atoms with Gasteiger partial charge >= 0.3 is 0 Å². The normalized spacial score (nSPS) is 11.4. The molecule has 2 N–H and O–H groups in total. The van der Waals surface area contributed by atoms with Crippen LogP contribution in [0.5, 0.6) is 0 Å². The summed E-state index contributed by atoms with van der Waals surface area (Å²) in [4.78, 5) is 4.74. The minimum atomic E-state index is 0.769. The van der Waals surface area contributed by atoms with Crippen LogP contribution in [0.3, 0.4) is 0 Å². The lowest BCUT2D eigenvalue weighted by Crippen LogP contribution is -1.90. The number of benzene rings is 2. The van der Waals surface area contributed by atoms with Gasteiger partial charge in [-0.05, 0) is 48.7 Å². The zero-order chi connectivity index (χ0) is 17.5. The van der Waals surface area contributed by atoms with Crippen molar-refractivity contribution >= 4 is 27.5 Å². The molecule has 2 nitrogen and oxygen atoms in total. The van der Waals surface area contributed by atoms with E-state index in [4.69, 9.17) is 10.7 Å². The van der Waals surface area contributed by atoms with Crippen LogP contribution in [0.1, 0.15) is 63.9 Å². The number of nitrogens with two attached hydrogens (primary N) is 1. The van der Waals surface area contributed by atoms with E-state index in [1.807, 2.05) is 12.1 Å². The monoisotopic (exact) mass is 334 g/mol. The van der Waals surface area contributed by atoms with Crippen LogP contribution in [-0.2, 0) is 6.42 Å². The largest absolute Gasteiger partial charge is 0.399 e. The number of aryl methyl sites for hydroxylation is 1. The highest BCUT2D eigenvalue weighted by Gasteiger charge is 2.02. The molecule has 0 aliphatic carbocycles. The van der Waals surface area contributed by atoms with Gasteiger partial charge in [-0.1, -0.05) is 64.0 Å². The molecule has 0 saturated heterocycles. The van der Waals surface area contributed by atoms with Crippen molar-refractivity contribution in [1.82, 2.24) is 4.98 Å². The molecule has 0 saturated carbocycles. The smallest absolute Gasteiger partial charge is 0.0730 e. The molecule has 0 unspecified atom stereocenters. The lowest BCUT2D eigenvalue weighted by Gasteiger charge is -2.06. The van der Waals surface area contributed by atoms with Crippen LogP contribution < -0.4 is 5.73 Å². The Bertz CT molecular complexity index is 823. The first-order valence-corrected chi connectivity index (χ1v) is 9.85. The number of hydrogen-bond donors (Lipinski definition) is 1. The maximum Gasteiger partial charge on any atom is 0.0730 e. The van der Waals surface area contributed by atoms with Crippen molar-refractivity contribution in [3.63, 3.8) is 0 Å². The number of hydrogen-bond acceptors (Lipinski definition) is 2. The topological polar surface area (TPSA) is 38.9 Å². The van der Waals surface area contributed by atoms with Gasteiger partial charge in [0, 0.05) is 16.5 Å². The number of anilines is 1. The second-order valence-electron chi connectivity index (χ2n) is 7.19. The van der Waals surface area contributed by atoms with Crippen LogP contribution >= 0.6 is 0 Å². The lowest BCUT2D eigenvalue weighted by atomic mass is 10.0. The quantitative estimate of drug-likeness (QED) is 0.270. The lowest BCUT2D eigenvalue weighted by molar-refractivity contribution is 0.575. The fourth-order valence-electron chi connectivity index (χ4n) is 3.52. The van der Waals surface area contributed by atoms with E-state index in [9.17, 15) is 0 Å². The minimum absolute atomic E-state index is 0.769. The fraction of sp³-hybridized carbons (Fsp3) is 0.435. The standard InChI is InChI=1S/C23H30N2/c1-2-3-4-5-6-7-8-9-10-18-11-14-22-20(15-18)16-19-12-13-21(24)17-23(19)25-22/h11-17H,2-10,24H2,1H3. The Hall–Kier alpha value is -2.09. The van der Waals surface area contributed by atoms with Gasteiger partial charge in [0.15, 0.2) is 0 Å². The highest BCUT2D eigenvalue weighted by molar-refractivity contribution is 5.94. The number of fused-ring (bicyclic) bond motifs is 2. The molecule has 0 bridgehead atoms. The molecule has 1 heterocycles. The summed E-state index contributed by atoms with van der Waals surface area (Å²) in [7, 11) is 0. The first-order valence-electron chi connectivity index (χ1n) is 9.85. The third-order valence-corrected chi connectivity index (χ3v) is 5.02. The Kier molecular flexibility index (Phi) is 6.27. The van der Waals surface area contributed by atoms with E-state index < -0.39 is 0 Å². The molecule has 3 rings (SSSR count). The maximum atomic E-state index is 5.87. The average molecular weight is 335 g/mol. The molecule has 0 aliphatic heterocycles. The van der Waals surface area contributed by atoms with Crippen molar-refractivity contribution in [3.05, 3.63) is 48.0 Å². The molecule has 0 spiro atoms. The molecule has 0 aliphatic rings. The molecule has 25 heavy (non-hydrogen) atoms. The Labute approximate surface area is 151 Å². The van der Waals surface area contributed by atoms with Crippen LogP contribution in [0.4, 0.5) is 5.69 Å². The van der Waals surface area contributed by atoms with E-state index in [0.29, 0.717) is 0 Å². The summed E-state index contributed by atoms with van der Waals surface area (Å²) in [6.45, 7) is 2.28. The van der Waals surface area contributed by atoms with Crippen molar-refractivity contribution in [3.8, 4) is 0 Å². The highest BCUT2D eigenvalue weighted by Crippen LogP contribution is 2.23. The van der Waals surface area contributed by atoms with Gasteiger partial charge < -0.3 is 5.73 Å². The van der Waals surface area contributed by atoms with E-state index >= 15 is 0 Å². The first kappa shape index (κ1) is 17.7. The van der Waals surface area contributed by atoms with Gasteiger partial charge in [0.25, 0.3) is 0 Å². The maximum absolute atomic E-state index is 5.87. The molecule has 2 aromatic carbocycles. The van der Waals surface area contributed by atoms with Crippen LogP contribution in [0.2, 0.25) is 0 Å². The highest BCUT2D eigenvalue weighted by atomic mass is 14.7. The van der Waals surface area contributed by atoms with Gasteiger partial charge in [-0.15, -0.1) is 0 Å². The zero-order valence-electron chi connectivity index (χ0n) is 15.4. The van der Waals surface area contributed by atoms with Gasteiger partial charge in [0.2, 0.25) is 0 Å². The van der Waals surface area contributed by atoms with E-state index in [-0.39, 0.29) is 0 Å². The van der Waals surface area contributed by atoms with Crippen molar-refractivity contribution in [2.75, 3.05) is 5.73 Å². The molecule has 0 amide bonds. The molecular formula is C23H30N2. The molecule has 2 heteroatoms. The Morgan fingerprint density at radius 2 is 1.48 bits per heavy atom. The number of nitrogens with zero attached hydrogens (tertiary/aromatic N) is 1.